The predicted molar refractivity (Wildman–Crippen MR) is 88.3 cm³/mol. The van der Waals surface area contributed by atoms with Gasteiger partial charge in [-0.25, -0.2) is 8.42 Å². The molecule has 0 N–H and O–H groups in total. The molecule has 2 rings (SSSR count). The molecule has 0 bridgehead atoms. The van der Waals surface area contributed by atoms with Gasteiger partial charge >= 0.3 is 29.6 Å². The van der Waals surface area contributed by atoms with Gasteiger partial charge in [0.15, 0.2) is 0 Å². The molecule has 0 amide bonds. The molecule has 0 aromatic heterocycles. The molecule has 0 aliphatic heterocycles. The first-order valence-electron chi connectivity index (χ1n) is 7.86. The molecule has 0 spiro atoms. The molecule has 0 fully saturated rings. The topological polar surface area (TPSA) is 57.2 Å². The van der Waals surface area contributed by atoms with E-state index in [0.717, 1.165) is 42.4 Å². The molecule has 0 radical (unpaired) electrons. The van der Waals surface area contributed by atoms with Crippen LogP contribution in [-0.2, 0) is 16.5 Å². The third-order valence-electron chi connectivity index (χ3n) is 4.06. The zero-order valence-corrected chi connectivity index (χ0v) is 17.2. The summed E-state index contributed by atoms with van der Waals surface area (Å²) >= 11 is 0. The van der Waals surface area contributed by atoms with Gasteiger partial charge in [-0.1, -0.05) is 51.8 Å². The Bertz CT molecular complexity index is 723. The minimum Gasteiger partial charge on any atom is -0.744 e. The summed E-state index contributed by atoms with van der Waals surface area (Å²) in [4.78, 5) is -0.0768. The summed E-state index contributed by atoms with van der Waals surface area (Å²) in [5, 5.41) is 0. The molecule has 0 atom stereocenters. The number of hydrogen-bond donors (Lipinski definition) is 0. The third kappa shape index (κ3) is 5.04. The van der Waals surface area contributed by atoms with E-state index in [0.29, 0.717) is 5.56 Å². The summed E-state index contributed by atoms with van der Waals surface area (Å²) in [6.45, 7) is 6.24. The van der Waals surface area contributed by atoms with E-state index in [-0.39, 0.29) is 40.4 Å². The zero-order chi connectivity index (χ0) is 16.3. The standard InChI is InChI=1S/C18H24O3S.Na/c1-4-5-6-8-15-12-18(22(19,20)21)17-11-14(13(2)3)9-7-10-16(15)17;/h7,9-13H,4-6,8H2,1-3H3,(H,19,20,21);/q;+1/p-1. The Morgan fingerprint density at radius 1 is 1.09 bits per heavy atom. The monoisotopic (exact) mass is 342 g/mol. The van der Waals surface area contributed by atoms with Crippen LogP contribution in [0.1, 0.15) is 57.1 Å². The molecule has 0 saturated carbocycles. The van der Waals surface area contributed by atoms with Crippen LogP contribution >= 0.6 is 0 Å². The fraction of sp³-hybridized carbons (Fsp3) is 0.444. The van der Waals surface area contributed by atoms with Crippen LogP contribution in [0, 0.1) is 0 Å². The fourth-order valence-corrected chi connectivity index (χ4v) is 3.50. The number of hydrogen-bond acceptors (Lipinski definition) is 3. The van der Waals surface area contributed by atoms with Crippen molar-refractivity contribution in [2.45, 2.75) is 57.3 Å². The second kappa shape index (κ2) is 8.63. The van der Waals surface area contributed by atoms with Crippen LogP contribution in [-0.4, -0.2) is 13.0 Å². The second-order valence-electron chi connectivity index (χ2n) is 6.10. The molecule has 23 heavy (non-hydrogen) atoms. The van der Waals surface area contributed by atoms with Crippen LogP contribution in [0.25, 0.3) is 11.1 Å². The Kier molecular flexibility index (Phi) is 7.75. The van der Waals surface area contributed by atoms with Gasteiger partial charge in [-0.15, -0.1) is 0 Å². The summed E-state index contributed by atoms with van der Waals surface area (Å²) in [6, 6.07) is 9.29. The molecule has 0 aromatic rings. The summed E-state index contributed by atoms with van der Waals surface area (Å²) in [5.74, 6) is 0.274. The fourth-order valence-electron chi connectivity index (χ4n) is 2.77. The molecule has 120 valence electrons. The van der Waals surface area contributed by atoms with E-state index >= 15 is 0 Å². The maximum Gasteiger partial charge on any atom is 1.00 e. The Hall–Kier alpha value is -0.390. The van der Waals surface area contributed by atoms with E-state index in [9.17, 15) is 13.0 Å². The van der Waals surface area contributed by atoms with Crippen LogP contribution in [0.15, 0.2) is 35.2 Å². The Morgan fingerprint density at radius 2 is 1.78 bits per heavy atom. The van der Waals surface area contributed by atoms with E-state index in [2.05, 4.69) is 20.8 Å². The smallest absolute Gasteiger partial charge is 0.744 e. The minimum atomic E-state index is -4.46. The Balaban J connectivity index is 0.00000264. The van der Waals surface area contributed by atoms with E-state index in [4.69, 9.17) is 0 Å². The van der Waals surface area contributed by atoms with Gasteiger partial charge in [0.25, 0.3) is 0 Å². The van der Waals surface area contributed by atoms with E-state index in [1.165, 1.54) is 0 Å². The number of fused-ring (bicyclic) bond motifs is 1. The summed E-state index contributed by atoms with van der Waals surface area (Å²) in [6.07, 6.45) is 4.02. The first kappa shape index (κ1) is 20.7. The molecular formula is C18H23NaO3S. The molecular weight excluding hydrogens is 319 g/mol. The van der Waals surface area contributed by atoms with Crippen molar-refractivity contribution in [3.63, 3.8) is 0 Å². The van der Waals surface area contributed by atoms with E-state index in [1.807, 2.05) is 24.3 Å². The number of aryl methyl sites for hydroxylation is 1. The molecule has 0 heterocycles. The molecule has 2 aliphatic rings. The first-order valence-corrected chi connectivity index (χ1v) is 9.27. The Labute approximate surface area is 161 Å². The van der Waals surface area contributed by atoms with Gasteiger partial charge < -0.3 is 4.55 Å². The molecule has 2 aliphatic carbocycles. The molecule has 3 nitrogen and oxygen atoms in total. The van der Waals surface area contributed by atoms with Crippen molar-refractivity contribution in [3.8, 4) is 11.1 Å². The van der Waals surface area contributed by atoms with Crippen LogP contribution in [0.3, 0.4) is 0 Å². The van der Waals surface area contributed by atoms with Crippen molar-refractivity contribution in [2.24, 2.45) is 0 Å². The van der Waals surface area contributed by atoms with Gasteiger partial charge in [0, 0.05) is 0 Å². The minimum absolute atomic E-state index is 0. The SMILES string of the molecule is CCCCCc1cc(S(=O)(=O)[O-])c2cc(C(C)C)cccc1-2.[Na+]. The van der Waals surface area contributed by atoms with Crippen molar-refractivity contribution < 1.29 is 42.5 Å². The van der Waals surface area contributed by atoms with Gasteiger partial charge in [-0.2, -0.15) is 0 Å². The average molecular weight is 342 g/mol. The van der Waals surface area contributed by atoms with Gasteiger partial charge in [0.05, 0.1) is 4.90 Å². The van der Waals surface area contributed by atoms with E-state index in [1.54, 1.807) is 6.07 Å². The van der Waals surface area contributed by atoms with Crippen LogP contribution in [0.5, 0.6) is 0 Å². The Morgan fingerprint density at radius 3 is 2.35 bits per heavy atom. The zero-order valence-electron chi connectivity index (χ0n) is 14.4. The average Bonchev–Trinajstić information content (AvgIpc) is 2.63. The van der Waals surface area contributed by atoms with Gasteiger partial charge in [0.1, 0.15) is 10.1 Å². The van der Waals surface area contributed by atoms with Gasteiger partial charge in [-0.05, 0) is 53.1 Å². The molecule has 5 heteroatoms. The van der Waals surface area contributed by atoms with Crippen LogP contribution in [0.4, 0.5) is 0 Å². The molecule has 0 saturated heterocycles. The summed E-state index contributed by atoms with van der Waals surface area (Å²) < 4.78 is 34.9. The van der Waals surface area contributed by atoms with Crippen molar-refractivity contribution in [1.29, 1.82) is 0 Å². The number of rotatable bonds is 6. The van der Waals surface area contributed by atoms with Gasteiger partial charge in [-0.3, -0.25) is 0 Å². The summed E-state index contributed by atoms with van der Waals surface area (Å²) in [5.41, 5.74) is 3.45. The van der Waals surface area contributed by atoms with Gasteiger partial charge in [0.2, 0.25) is 0 Å². The van der Waals surface area contributed by atoms with Crippen molar-refractivity contribution in [3.05, 3.63) is 41.5 Å². The van der Waals surface area contributed by atoms with Crippen molar-refractivity contribution in [1.82, 2.24) is 0 Å². The normalized spacial score (nSPS) is 11.7. The van der Waals surface area contributed by atoms with Crippen LogP contribution in [0.2, 0.25) is 0 Å². The maximum absolute atomic E-state index is 11.6. The molecule has 0 aromatic carbocycles. The largest absolute Gasteiger partial charge is 1.00 e. The molecule has 0 unspecified atom stereocenters. The predicted octanol–water partition coefficient (Wildman–Crippen LogP) is 1.56. The summed E-state index contributed by atoms with van der Waals surface area (Å²) in [7, 11) is -4.46. The quantitative estimate of drug-likeness (QED) is 0.455. The van der Waals surface area contributed by atoms with Crippen molar-refractivity contribution in [2.75, 3.05) is 0 Å². The maximum atomic E-state index is 11.6. The first-order chi connectivity index (χ1) is 10.3. The number of unbranched alkanes of at least 4 members (excludes halogenated alkanes) is 2. The second-order valence-corrected chi connectivity index (χ2v) is 7.45. The van der Waals surface area contributed by atoms with Crippen LogP contribution < -0.4 is 29.6 Å². The third-order valence-corrected chi connectivity index (χ3v) is 4.93. The van der Waals surface area contributed by atoms with Crippen molar-refractivity contribution >= 4 is 10.1 Å². The van der Waals surface area contributed by atoms with E-state index < -0.39 is 10.1 Å².